The van der Waals surface area contributed by atoms with E-state index in [1.165, 1.54) is 5.56 Å². The summed E-state index contributed by atoms with van der Waals surface area (Å²) in [7, 11) is 0. The minimum atomic E-state index is 0.381. The lowest BCUT2D eigenvalue weighted by atomic mass is 10.0. The number of benzene rings is 1. The molecule has 0 atom stereocenters. The molecule has 1 fully saturated rings. The van der Waals surface area contributed by atoms with Gasteiger partial charge in [0, 0.05) is 32.2 Å². The molecule has 3 rings (SSSR count). The van der Waals surface area contributed by atoms with Crippen LogP contribution < -0.4 is 10.6 Å². The molecule has 1 aromatic carbocycles. The van der Waals surface area contributed by atoms with E-state index in [1.54, 1.807) is 11.3 Å². The number of thiophene rings is 1. The summed E-state index contributed by atoms with van der Waals surface area (Å²) in [5.74, 6) is 1.26. The zero-order valence-electron chi connectivity index (χ0n) is 17.2. The van der Waals surface area contributed by atoms with Crippen molar-refractivity contribution in [1.82, 2.24) is 15.5 Å². The highest BCUT2D eigenvalue weighted by Gasteiger charge is 2.20. The maximum Gasteiger partial charge on any atom is 0.191 e. The van der Waals surface area contributed by atoms with Crippen LogP contribution in [0, 0.1) is 13.8 Å². The summed E-state index contributed by atoms with van der Waals surface area (Å²) < 4.78 is 0. The zero-order valence-corrected chi connectivity index (χ0v) is 18.0. The fourth-order valence-corrected chi connectivity index (χ4v) is 4.36. The van der Waals surface area contributed by atoms with Crippen LogP contribution in [0.4, 0.5) is 0 Å². The van der Waals surface area contributed by atoms with E-state index in [-0.39, 0.29) is 0 Å². The Balaban J connectivity index is 1.54. The van der Waals surface area contributed by atoms with Crippen molar-refractivity contribution >= 4 is 17.3 Å². The molecular weight excluding hydrogens is 368 g/mol. The predicted octanol–water partition coefficient (Wildman–Crippen LogP) is 3.79. The lowest BCUT2D eigenvalue weighted by molar-refractivity contribution is 0.198. The average molecular weight is 401 g/mol. The van der Waals surface area contributed by atoms with E-state index in [9.17, 15) is 5.11 Å². The van der Waals surface area contributed by atoms with Crippen LogP contribution in [0.15, 0.2) is 34.0 Å². The second kappa shape index (κ2) is 9.94. The summed E-state index contributed by atoms with van der Waals surface area (Å²) in [5, 5.41) is 21.3. The molecule has 0 unspecified atom stereocenters. The highest BCUT2D eigenvalue weighted by atomic mass is 32.1. The Kier molecular flexibility index (Phi) is 7.34. The van der Waals surface area contributed by atoms with Crippen molar-refractivity contribution in [2.45, 2.75) is 52.7 Å². The Bertz CT molecular complexity index is 757. The Labute approximate surface area is 172 Å². The molecule has 2 aromatic rings. The Morgan fingerprint density at radius 2 is 1.93 bits per heavy atom. The SMILES string of the molecule is CCNC(=NCc1cc(C)c(O)c(C)c1)NC1CCN(Cc2ccsc2)CC1. The average Bonchev–Trinajstić information content (AvgIpc) is 3.19. The van der Waals surface area contributed by atoms with E-state index in [1.807, 2.05) is 26.0 Å². The quantitative estimate of drug-likeness (QED) is 0.510. The van der Waals surface area contributed by atoms with E-state index in [2.05, 4.69) is 39.3 Å². The van der Waals surface area contributed by atoms with Crippen LogP contribution in [-0.2, 0) is 13.1 Å². The van der Waals surface area contributed by atoms with Gasteiger partial charge in [-0.05, 0) is 72.7 Å². The van der Waals surface area contributed by atoms with Gasteiger partial charge in [-0.15, -0.1) is 0 Å². The van der Waals surface area contributed by atoms with Crippen molar-refractivity contribution in [1.29, 1.82) is 0 Å². The third-order valence-corrected chi connectivity index (χ3v) is 5.96. The minimum Gasteiger partial charge on any atom is -0.507 e. The second-order valence-electron chi connectivity index (χ2n) is 7.60. The molecular formula is C22H32N4OS. The van der Waals surface area contributed by atoms with E-state index in [4.69, 9.17) is 4.99 Å². The Morgan fingerprint density at radius 1 is 1.21 bits per heavy atom. The number of nitrogens with zero attached hydrogens (tertiary/aromatic N) is 2. The van der Waals surface area contributed by atoms with E-state index in [0.29, 0.717) is 18.3 Å². The standard InChI is InChI=1S/C22H32N4OS/c1-4-23-22(24-13-19-11-16(2)21(27)17(3)12-19)25-20-5-8-26(9-6-20)14-18-7-10-28-15-18/h7,10-12,15,20,27H,4-6,8-9,13-14H2,1-3H3,(H2,23,24,25). The van der Waals surface area contributed by atoms with E-state index in [0.717, 1.165) is 61.7 Å². The van der Waals surface area contributed by atoms with Crippen LogP contribution in [0.2, 0.25) is 0 Å². The highest BCUT2D eigenvalue weighted by Crippen LogP contribution is 2.23. The molecule has 6 heteroatoms. The van der Waals surface area contributed by atoms with Crippen LogP contribution >= 0.6 is 11.3 Å². The molecule has 1 aromatic heterocycles. The fourth-order valence-electron chi connectivity index (χ4n) is 3.70. The predicted molar refractivity (Wildman–Crippen MR) is 118 cm³/mol. The molecule has 0 amide bonds. The number of aromatic hydroxyl groups is 1. The van der Waals surface area contributed by atoms with Crippen molar-refractivity contribution in [2.75, 3.05) is 19.6 Å². The third kappa shape index (κ3) is 5.72. The maximum absolute atomic E-state index is 9.95. The molecule has 152 valence electrons. The van der Waals surface area contributed by atoms with Crippen molar-refractivity contribution in [3.63, 3.8) is 0 Å². The van der Waals surface area contributed by atoms with Crippen LogP contribution in [0.3, 0.4) is 0 Å². The number of nitrogens with one attached hydrogen (secondary N) is 2. The third-order valence-electron chi connectivity index (χ3n) is 5.23. The first kappa shape index (κ1) is 20.7. The summed E-state index contributed by atoms with van der Waals surface area (Å²) >= 11 is 1.77. The van der Waals surface area contributed by atoms with Crippen LogP contribution in [-0.4, -0.2) is 41.6 Å². The van der Waals surface area contributed by atoms with Gasteiger partial charge in [-0.2, -0.15) is 11.3 Å². The summed E-state index contributed by atoms with van der Waals surface area (Å²) in [6, 6.07) is 6.70. The van der Waals surface area contributed by atoms with Gasteiger partial charge in [0.15, 0.2) is 5.96 Å². The number of hydrogen-bond donors (Lipinski definition) is 3. The molecule has 1 aliphatic rings. The van der Waals surface area contributed by atoms with Gasteiger partial charge in [0.25, 0.3) is 0 Å². The number of rotatable bonds is 6. The molecule has 0 aliphatic carbocycles. The van der Waals surface area contributed by atoms with Gasteiger partial charge in [0.2, 0.25) is 0 Å². The van der Waals surface area contributed by atoms with E-state index < -0.39 is 0 Å². The topological polar surface area (TPSA) is 59.9 Å². The van der Waals surface area contributed by atoms with Gasteiger partial charge in [-0.1, -0.05) is 12.1 Å². The van der Waals surface area contributed by atoms with Gasteiger partial charge < -0.3 is 15.7 Å². The fraction of sp³-hybridized carbons (Fsp3) is 0.500. The number of aryl methyl sites for hydroxylation is 2. The summed E-state index contributed by atoms with van der Waals surface area (Å²) in [4.78, 5) is 7.30. The van der Waals surface area contributed by atoms with Gasteiger partial charge >= 0.3 is 0 Å². The van der Waals surface area contributed by atoms with Crippen LogP contribution in [0.1, 0.15) is 42.0 Å². The summed E-state index contributed by atoms with van der Waals surface area (Å²) in [6.07, 6.45) is 2.26. The van der Waals surface area contributed by atoms with Crippen LogP contribution in [0.5, 0.6) is 5.75 Å². The zero-order chi connectivity index (χ0) is 19.9. The van der Waals surface area contributed by atoms with Crippen LogP contribution in [0.25, 0.3) is 0 Å². The number of hydrogen-bond acceptors (Lipinski definition) is 4. The molecule has 5 nitrogen and oxygen atoms in total. The number of guanidine groups is 1. The second-order valence-corrected chi connectivity index (χ2v) is 8.38. The van der Waals surface area contributed by atoms with Crippen molar-refractivity contribution < 1.29 is 5.11 Å². The lowest BCUT2D eigenvalue weighted by Gasteiger charge is -2.33. The molecule has 0 bridgehead atoms. The smallest absolute Gasteiger partial charge is 0.191 e. The maximum atomic E-state index is 9.95. The molecule has 0 radical (unpaired) electrons. The molecule has 0 spiro atoms. The summed E-state index contributed by atoms with van der Waals surface area (Å²) in [5.41, 5.74) is 4.35. The van der Waals surface area contributed by atoms with E-state index >= 15 is 0 Å². The first-order valence-electron chi connectivity index (χ1n) is 10.1. The monoisotopic (exact) mass is 400 g/mol. The summed E-state index contributed by atoms with van der Waals surface area (Å²) in [6.45, 7) is 10.7. The van der Waals surface area contributed by atoms with Gasteiger partial charge in [-0.25, -0.2) is 4.99 Å². The number of aliphatic imine (C=N–C) groups is 1. The molecule has 3 N–H and O–H groups in total. The van der Waals surface area contributed by atoms with Gasteiger partial charge in [-0.3, -0.25) is 4.90 Å². The first-order valence-corrected chi connectivity index (χ1v) is 11.1. The number of phenols is 1. The molecule has 0 saturated carbocycles. The number of phenolic OH excluding ortho intramolecular Hbond substituents is 1. The number of piperidine rings is 1. The normalized spacial score (nSPS) is 16.3. The lowest BCUT2D eigenvalue weighted by Crippen LogP contribution is -2.48. The largest absolute Gasteiger partial charge is 0.507 e. The first-order chi connectivity index (χ1) is 13.5. The number of likely N-dealkylation sites (tertiary alicyclic amines) is 1. The molecule has 28 heavy (non-hydrogen) atoms. The Hall–Kier alpha value is -2.05. The van der Waals surface area contributed by atoms with Crippen molar-refractivity contribution in [2.24, 2.45) is 4.99 Å². The Morgan fingerprint density at radius 3 is 2.54 bits per heavy atom. The molecule has 1 aliphatic heterocycles. The minimum absolute atomic E-state index is 0.381. The van der Waals surface area contributed by atoms with Gasteiger partial charge in [0.05, 0.1) is 6.54 Å². The van der Waals surface area contributed by atoms with Crippen molar-refractivity contribution in [3.05, 3.63) is 51.2 Å². The highest BCUT2D eigenvalue weighted by molar-refractivity contribution is 7.07. The molecule has 2 heterocycles. The van der Waals surface area contributed by atoms with Gasteiger partial charge in [0.1, 0.15) is 5.75 Å². The van der Waals surface area contributed by atoms with Crippen molar-refractivity contribution in [3.8, 4) is 5.75 Å². The molecule has 1 saturated heterocycles.